The number of hydrogen-bond acceptors (Lipinski definition) is 3. The molecule has 1 aromatic rings. The van der Waals surface area contributed by atoms with E-state index in [2.05, 4.69) is 10.6 Å². The van der Waals surface area contributed by atoms with Gasteiger partial charge in [0.2, 0.25) is 0 Å². The minimum Gasteiger partial charge on any atom is -0.497 e. The normalized spacial score (nSPS) is 20.3. The standard InChI is InChI=1S/C14H19F3N2O/c1-20-11-4-5-13(12(9-11)14(15,16)17)19-10-3-2-7-18-8-6-10/h4-5,9-10,18-19H,2-3,6-8H2,1H3. The molecule has 1 saturated heterocycles. The lowest BCUT2D eigenvalue weighted by atomic mass is 10.1. The lowest BCUT2D eigenvalue weighted by Crippen LogP contribution is -2.23. The van der Waals surface area contributed by atoms with Crippen LogP contribution in [0.15, 0.2) is 18.2 Å². The molecule has 1 aliphatic rings. The van der Waals surface area contributed by atoms with Crippen LogP contribution in [0.3, 0.4) is 0 Å². The van der Waals surface area contributed by atoms with Gasteiger partial charge in [-0.2, -0.15) is 13.2 Å². The van der Waals surface area contributed by atoms with Gasteiger partial charge in [-0.15, -0.1) is 0 Å². The topological polar surface area (TPSA) is 33.3 Å². The van der Waals surface area contributed by atoms with E-state index in [9.17, 15) is 13.2 Å². The molecule has 1 heterocycles. The number of methoxy groups -OCH3 is 1. The maximum absolute atomic E-state index is 13.1. The van der Waals surface area contributed by atoms with Crippen LogP contribution in [0.1, 0.15) is 24.8 Å². The Bertz CT molecular complexity index is 441. The third kappa shape index (κ3) is 3.79. The number of ether oxygens (including phenoxy) is 1. The van der Waals surface area contributed by atoms with Gasteiger partial charge in [-0.05, 0) is 50.6 Å². The summed E-state index contributed by atoms with van der Waals surface area (Å²) < 4.78 is 44.2. The third-order valence-electron chi connectivity index (χ3n) is 3.47. The summed E-state index contributed by atoms with van der Waals surface area (Å²) in [6.45, 7) is 1.75. The van der Waals surface area contributed by atoms with E-state index in [0.29, 0.717) is 0 Å². The minimum absolute atomic E-state index is 0.0690. The van der Waals surface area contributed by atoms with Gasteiger partial charge in [0, 0.05) is 11.7 Å². The monoisotopic (exact) mass is 288 g/mol. The maximum Gasteiger partial charge on any atom is 0.418 e. The highest BCUT2D eigenvalue weighted by Gasteiger charge is 2.34. The van der Waals surface area contributed by atoms with E-state index < -0.39 is 11.7 Å². The van der Waals surface area contributed by atoms with Crippen LogP contribution in [0.4, 0.5) is 18.9 Å². The number of benzene rings is 1. The number of anilines is 1. The van der Waals surface area contributed by atoms with Crippen molar-refractivity contribution in [2.24, 2.45) is 0 Å². The van der Waals surface area contributed by atoms with E-state index in [1.54, 1.807) is 6.07 Å². The second kappa shape index (κ2) is 6.35. The first-order chi connectivity index (χ1) is 9.50. The van der Waals surface area contributed by atoms with E-state index in [1.165, 1.54) is 13.2 Å². The Hall–Kier alpha value is -1.43. The van der Waals surface area contributed by atoms with E-state index >= 15 is 0 Å². The molecule has 112 valence electrons. The summed E-state index contributed by atoms with van der Waals surface area (Å²) in [5.74, 6) is 0.213. The van der Waals surface area contributed by atoms with Gasteiger partial charge in [-0.1, -0.05) is 0 Å². The third-order valence-corrected chi connectivity index (χ3v) is 3.47. The molecule has 1 fully saturated rings. The number of halogens is 3. The van der Waals surface area contributed by atoms with Gasteiger partial charge in [-0.25, -0.2) is 0 Å². The Morgan fingerprint density at radius 2 is 2.05 bits per heavy atom. The van der Waals surface area contributed by atoms with E-state index in [4.69, 9.17) is 4.74 Å². The van der Waals surface area contributed by atoms with Gasteiger partial charge in [0.25, 0.3) is 0 Å². The fraction of sp³-hybridized carbons (Fsp3) is 0.571. The zero-order valence-electron chi connectivity index (χ0n) is 11.4. The Labute approximate surface area is 116 Å². The second-order valence-corrected chi connectivity index (χ2v) is 4.93. The highest BCUT2D eigenvalue weighted by atomic mass is 19.4. The van der Waals surface area contributed by atoms with Crippen LogP contribution in [0.25, 0.3) is 0 Å². The van der Waals surface area contributed by atoms with Crippen LogP contribution in [-0.4, -0.2) is 26.2 Å². The molecule has 0 spiro atoms. The van der Waals surface area contributed by atoms with Crippen molar-refractivity contribution in [2.75, 3.05) is 25.5 Å². The molecule has 0 radical (unpaired) electrons. The van der Waals surface area contributed by atoms with Gasteiger partial charge in [0.15, 0.2) is 0 Å². The van der Waals surface area contributed by atoms with Crippen molar-refractivity contribution in [3.8, 4) is 5.75 Å². The summed E-state index contributed by atoms with van der Waals surface area (Å²) in [7, 11) is 1.36. The van der Waals surface area contributed by atoms with Gasteiger partial charge in [-0.3, -0.25) is 0 Å². The SMILES string of the molecule is COc1ccc(NC2CCCNCC2)c(C(F)(F)F)c1. The summed E-state index contributed by atoms with van der Waals surface area (Å²) in [4.78, 5) is 0. The first-order valence-electron chi connectivity index (χ1n) is 6.73. The zero-order valence-corrected chi connectivity index (χ0v) is 11.4. The van der Waals surface area contributed by atoms with Crippen molar-refractivity contribution in [1.29, 1.82) is 0 Å². The molecule has 1 atom stereocenters. The lowest BCUT2D eigenvalue weighted by molar-refractivity contribution is -0.137. The summed E-state index contributed by atoms with van der Waals surface area (Å²) >= 11 is 0. The maximum atomic E-state index is 13.1. The molecule has 1 aliphatic heterocycles. The van der Waals surface area contributed by atoms with Crippen molar-refractivity contribution in [3.05, 3.63) is 23.8 Å². The molecule has 3 nitrogen and oxygen atoms in total. The molecule has 6 heteroatoms. The highest BCUT2D eigenvalue weighted by Crippen LogP contribution is 2.37. The molecule has 0 bridgehead atoms. The molecule has 2 N–H and O–H groups in total. The van der Waals surface area contributed by atoms with Crippen LogP contribution in [0, 0.1) is 0 Å². The molecule has 2 rings (SSSR count). The van der Waals surface area contributed by atoms with Crippen molar-refractivity contribution < 1.29 is 17.9 Å². The van der Waals surface area contributed by atoms with Gasteiger partial charge >= 0.3 is 6.18 Å². The van der Waals surface area contributed by atoms with Crippen LogP contribution in [0.5, 0.6) is 5.75 Å². The summed E-state index contributed by atoms with van der Waals surface area (Å²) in [5.41, 5.74) is -0.542. The molecule has 0 amide bonds. The minimum atomic E-state index is -4.39. The van der Waals surface area contributed by atoms with E-state index in [1.807, 2.05) is 0 Å². The van der Waals surface area contributed by atoms with Crippen molar-refractivity contribution in [2.45, 2.75) is 31.5 Å². The largest absolute Gasteiger partial charge is 0.497 e. The van der Waals surface area contributed by atoms with Crippen LogP contribution >= 0.6 is 0 Å². The van der Waals surface area contributed by atoms with E-state index in [0.717, 1.165) is 38.4 Å². The number of hydrogen-bond donors (Lipinski definition) is 2. The molecule has 1 aromatic carbocycles. The smallest absolute Gasteiger partial charge is 0.418 e. The van der Waals surface area contributed by atoms with Gasteiger partial charge in [0.05, 0.1) is 12.7 Å². The Morgan fingerprint density at radius 1 is 1.25 bits per heavy atom. The molecule has 0 saturated carbocycles. The molecule has 20 heavy (non-hydrogen) atoms. The summed E-state index contributed by atoms with van der Waals surface area (Å²) in [5, 5.41) is 6.28. The lowest BCUT2D eigenvalue weighted by Gasteiger charge is -2.21. The van der Waals surface area contributed by atoms with Gasteiger partial charge < -0.3 is 15.4 Å². The van der Waals surface area contributed by atoms with Gasteiger partial charge in [0.1, 0.15) is 5.75 Å². The molecule has 0 aromatic heterocycles. The van der Waals surface area contributed by atoms with Crippen molar-refractivity contribution in [3.63, 3.8) is 0 Å². The number of rotatable bonds is 3. The molecule has 0 aliphatic carbocycles. The number of alkyl halides is 3. The van der Waals surface area contributed by atoms with Crippen molar-refractivity contribution >= 4 is 5.69 Å². The van der Waals surface area contributed by atoms with Crippen LogP contribution < -0.4 is 15.4 Å². The molecular formula is C14H19F3N2O. The summed E-state index contributed by atoms with van der Waals surface area (Å²) in [6.07, 6.45) is -1.73. The van der Waals surface area contributed by atoms with Crippen LogP contribution in [-0.2, 0) is 6.18 Å². The predicted octanol–water partition coefficient (Wildman–Crippen LogP) is 3.27. The number of nitrogens with one attached hydrogen (secondary N) is 2. The predicted molar refractivity (Wildman–Crippen MR) is 72.1 cm³/mol. The second-order valence-electron chi connectivity index (χ2n) is 4.93. The molecular weight excluding hydrogens is 269 g/mol. The van der Waals surface area contributed by atoms with Crippen molar-refractivity contribution in [1.82, 2.24) is 5.32 Å². The van der Waals surface area contributed by atoms with Crippen LogP contribution in [0.2, 0.25) is 0 Å². The Morgan fingerprint density at radius 3 is 2.75 bits per heavy atom. The Kier molecular flexibility index (Phi) is 4.75. The average Bonchev–Trinajstić information content (AvgIpc) is 2.66. The first-order valence-corrected chi connectivity index (χ1v) is 6.73. The highest BCUT2D eigenvalue weighted by molar-refractivity contribution is 5.56. The molecule has 1 unspecified atom stereocenters. The first kappa shape index (κ1) is 15.0. The fourth-order valence-corrected chi connectivity index (χ4v) is 2.39. The Balaban J connectivity index is 2.21. The average molecular weight is 288 g/mol. The quantitative estimate of drug-likeness (QED) is 0.895. The zero-order chi connectivity index (χ0) is 14.6. The fourth-order valence-electron chi connectivity index (χ4n) is 2.39. The summed E-state index contributed by atoms with van der Waals surface area (Å²) in [6, 6.07) is 4.10. The van der Waals surface area contributed by atoms with E-state index in [-0.39, 0.29) is 17.5 Å².